The van der Waals surface area contributed by atoms with E-state index in [1.165, 1.54) is 7.11 Å². The van der Waals surface area contributed by atoms with E-state index in [-0.39, 0.29) is 31.2 Å². The van der Waals surface area contributed by atoms with Gasteiger partial charge < -0.3 is 15.6 Å². The minimum atomic E-state index is -0.312. The second kappa shape index (κ2) is 6.34. The van der Waals surface area contributed by atoms with Crippen LogP contribution in [-0.2, 0) is 29.2 Å². The molecule has 1 unspecified atom stereocenters. The van der Waals surface area contributed by atoms with Crippen molar-refractivity contribution in [2.75, 3.05) is 13.7 Å². The number of carbonyl (C=O) groups is 1. The fourth-order valence-corrected chi connectivity index (χ4v) is 2.54. The monoisotopic (exact) mass is 282 g/mol. The lowest BCUT2D eigenvalue weighted by Gasteiger charge is -2.27. The van der Waals surface area contributed by atoms with Crippen molar-refractivity contribution in [3.8, 4) is 0 Å². The van der Waals surface area contributed by atoms with Crippen molar-refractivity contribution in [3.63, 3.8) is 0 Å². The van der Waals surface area contributed by atoms with Crippen molar-refractivity contribution in [2.45, 2.75) is 45.1 Å². The Morgan fingerprint density at radius 3 is 2.90 bits per heavy atom. The molecule has 20 heavy (non-hydrogen) atoms. The van der Waals surface area contributed by atoms with Crippen molar-refractivity contribution in [1.29, 1.82) is 0 Å². The SMILES string of the molecule is COC(=O)Cn1cc2c(n1)CN(C(CO)C[C@@H](C)N)C2. The third-order valence-corrected chi connectivity index (χ3v) is 3.54. The molecule has 0 saturated heterocycles. The standard InChI is InChI=1S/C13H22N4O3/c1-9(14)3-11(8-18)16-4-10-5-17(7-13(19)20-2)15-12(10)6-16/h5,9,11,18H,3-4,6-8,14H2,1-2H3/t9-,11?/m1/s1. The summed E-state index contributed by atoms with van der Waals surface area (Å²) in [5.41, 5.74) is 7.85. The van der Waals surface area contributed by atoms with E-state index in [1.807, 2.05) is 13.1 Å². The van der Waals surface area contributed by atoms with Gasteiger partial charge in [-0.3, -0.25) is 14.4 Å². The third kappa shape index (κ3) is 3.36. The second-order valence-electron chi connectivity index (χ2n) is 5.33. The normalized spacial score (nSPS) is 17.8. The average molecular weight is 282 g/mol. The second-order valence-corrected chi connectivity index (χ2v) is 5.33. The van der Waals surface area contributed by atoms with Crippen LogP contribution in [0.5, 0.6) is 0 Å². The van der Waals surface area contributed by atoms with Crippen LogP contribution in [0.3, 0.4) is 0 Å². The summed E-state index contributed by atoms with van der Waals surface area (Å²) in [6.07, 6.45) is 2.62. The molecule has 3 N–H and O–H groups in total. The van der Waals surface area contributed by atoms with Gasteiger partial charge >= 0.3 is 5.97 Å². The minimum absolute atomic E-state index is 0.0539. The number of hydrogen-bond donors (Lipinski definition) is 2. The number of fused-ring (bicyclic) bond motifs is 1. The molecule has 0 bridgehead atoms. The van der Waals surface area contributed by atoms with E-state index < -0.39 is 0 Å². The molecule has 0 spiro atoms. The highest BCUT2D eigenvalue weighted by atomic mass is 16.5. The predicted molar refractivity (Wildman–Crippen MR) is 72.6 cm³/mol. The smallest absolute Gasteiger partial charge is 0.327 e. The quantitative estimate of drug-likeness (QED) is 0.681. The molecule has 0 fully saturated rings. The molecular weight excluding hydrogens is 260 g/mol. The summed E-state index contributed by atoms with van der Waals surface area (Å²) >= 11 is 0. The first-order valence-electron chi connectivity index (χ1n) is 6.76. The van der Waals surface area contributed by atoms with Gasteiger partial charge in [-0.25, -0.2) is 0 Å². The summed E-state index contributed by atoms with van der Waals surface area (Å²) < 4.78 is 6.22. The van der Waals surface area contributed by atoms with Crippen LogP contribution in [0.4, 0.5) is 0 Å². The van der Waals surface area contributed by atoms with Crippen molar-refractivity contribution in [2.24, 2.45) is 5.73 Å². The zero-order chi connectivity index (χ0) is 14.7. The largest absolute Gasteiger partial charge is 0.468 e. The van der Waals surface area contributed by atoms with Crippen LogP contribution < -0.4 is 5.73 Å². The first kappa shape index (κ1) is 15.0. The molecule has 1 aliphatic heterocycles. The molecule has 0 amide bonds. The lowest BCUT2D eigenvalue weighted by atomic mass is 10.1. The zero-order valence-electron chi connectivity index (χ0n) is 12.0. The highest BCUT2D eigenvalue weighted by Gasteiger charge is 2.28. The van der Waals surface area contributed by atoms with E-state index in [9.17, 15) is 9.90 Å². The summed E-state index contributed by atoms with van der Waals surface area (Å²) in [5.74, 6) is -0.312. The van der Waals surface area contributed by atoms with E-state index in [4.69, 9.17) is 5.73 Å². The highest BCUT2D eigenvalue weighted by Crippen LogP contribution is 2.24. The van der Waals surface area contributed by atoms with Crippen LogP contribution in [-0.4, -0.2) is 51.6 Å². The Labute approximate surface area is 118 Å². The van der Waals surface area contributed by atoms with Gasteiger partial charge in [0.25, 0.3) is 0 Å². The highest BCUT2D eigenvalue weighted by molar-refractivity contribution is 5.68. The third-order valence-electron chi connectivity index (χ3n) is 3.54. The molecule has 0 aromatic carbocycles. The maximum atomic E-state index is 11.2. The number of carbonyl (C=O) groups excluding carboxylic acids is 1. The number of ether oxygens (including phenoxy) is 1. The number of aliphatic hydroxyl groups is 1. The lowest BCUT2D eigenvalue weighted by Crippen LogP contribution is -2.38. The molecular formula is C13H22N4O3. The molecule has 0 aliphatic carbocycles. The average Bonchev–Trinajstić information content (AvgIpc) is 2.93. The van der Waals surface area contributed by atoms with Gasteiger partial charge in [-0.2, -0.15) is 5.10 Å². The zero-order valence-corrected chi connectivity index (χ0v) is 12.0. The summed E-state index contributed by atoms with van der Waals surface area (Å²) in [5, 5.41) is 13.9. The lowest BCUT2D eigenvalue weighted by molar-refractivity contribution is -0.141. The molecule has 112 valence electrons. The van der Waals surface area contributed by atoms with E-state index in [0.29, 0.717) is 6.54 Å². The molecule has 2 rings (SSSR count). The van der Waals surface area contributed by atoms with Gasteiger partial charge in [0, 0.05) is 36.9 Å². The van der Waals surface area contributed by atoms with E-state index in [0.717, 1.165) is 24.2 Å². The topological polar surface area (TPSA) is 93.6 Å². The number of rotatable bonds is 6. The Bertz CT molecular complexity index is 449. The number of hydrogen-bond acceptors (Lipinski definition) is 6. The van der Waals surface area contributed by atoms with Crippen molar-refractivity contribution < 1.29 is 14.6 Å². The Morgan fingerprint density at radius 2 is 2.35 bits per heavy atom. The minimum Gasteiger partial charge on any atom is -0.468 e. The summed E-state index contributed by atoms with van der Waals surface area (Å²) in [6, 6.07) is 0.109. The van der Waals surface area contributed by atoms with Crippen LogP contribution in [0.15, 0.2) is 6.20 Å². The van der Waals surface area contributed by atoms with Crippen LogP contribution >= 0.6 is 0 Å². The Hall–Kier alpha value is -1.44. The predicted octanol–water partition coefficient (Wildman–Crippen LogP) is -0.530. The number of methoxy groups -OCH3 is 1. The summed E-state index contributed by atoms with van der Waals surface area (Å²) in [6.45, 7) is 3.57. The molecule has 2 heterocycles. The number of nitrogens with two attached hydrogens (primary N) is 1. The van der Waals surface area contributed by atoms with E-state index in [2.05, 4.69) is 14.7 Å². The van der Waals surface area contributed by atoms with Gasteiger partial charge in [-0.15, -0.1) is 0 Å². The van der Waals surface area contributed by atoms with Crippen molar-refractivity contribution >= 4 is 5.97 Å². The summed E-state index contributed by atoms with van der Waals surface area (Å²) in [7, 11) is 1.36. The van der Waals surface area contributed by atoms with Crippen LogP contribution in [0.1, 0.15) is 24.6 Å². The first-order chi connectivity index (χ1) is 9.53. The Morgan fingerprint density at radius 1 is 1.60 bits per heavy atom. The van der Waals surface area contributed by atoms with Crippen molar-refractivity contribution in [1.82, 2.24) is 14.7 Å². The van der Waals surface area contributed by atoms with Gasteiger partial charge in [0.2, 0.25) is 0 Å². The molecule has 0 saturated carbocycles. The van der Waals surface area contributed by atoms with Gasteiger partial charge in [0.05, 0.1) is 19.4 Å². The number of aliphatic hydroxyl groups excluding tert-OH is 1. The molecule has 1 aromatic heterocycles. The maximum absolute atomic E-state index is 11.2. The Kier molecular flexibility index (Phi) is 4.74. The van der Waals surface area contributed by atoms with E-state index >= 15 is 0 Å². The molecule has 7 nitrogen and oxygen atoms in total. The Balaban J connectivity index is 1.98. The molecule has 0 radical (unpaired) electrons. The van der Waals surface area contributed by atoms with Gasteiger partial charge in [-0.05, 0) is 13.3 Å². The fourth-order valence-electron chi connectivity index (χ4n) is 2.54. The van der Waals surface area contributed by atoms with Crippen LogP contribution in [0.2, 0.25) is 0 Å². The molecule has 7 heteroatoms. The fraction of sp³-hybridized carbons (Fsp3) is 0.692. The van der Waals surface area contributed by atoms with E-state index in [1.54, 1.807) is 4.68 Å². The number of nitrogens with zero attached hydrogens (tertiary/aromatic N) is 3. The molecule has 1 aromatic rings. The number of esters is 1. The van der Waals surface area contributed by atoms with Gasteiger partial charge in [0.15, 0.2) is 0 Å². The maximum Gasteiger partial charge on any atom is 0.327 e. The molecule has 2 atom stereocenters. The molecule has 1 aliphatic rings. The van der Waals surface area contributed by atoms with Gasteiger partial charge in [0.1, 0.15) is 6.54 Å². The van der Waals surface area contributed by atoms with Gasteiger partial charge in [-0.1, -0.05) is 0 Å². The van der Waals surface area contributed by atoms with Crippen LogP contribution in [0, 0.1) is 0 Å². The number of aromatic nitrogens is 2. The van der Waals surface area contributed by atoms with Crippen molar-refractivity contribution in [3.05, 3.63) is 17.5 Å². The first-order valence-corrected chi connectivity index (χ1v) is 6.76. The summed E-state index contributed by atoms with van der Waals surface area (Å²) in [4.78, 5) is 13.4. The van der Waals surface area contributed by atoms with Crippen LogP contribution in [0.25, 0.3) is 0 Å².